The number of aromatic nitrogens is 3. The summed E-state index contributed by atoms with van der Waals surface area (Å²) in [5, 5.41) is 2.63. The minimum absolute atomic E-state index is 0.107. The zero-order chi connectivity index (χ0) is 40.9. The summed E-state index contributed by atoms with van der Waals surface area (Å²) in [6.07, 6.45) is 1.82. The van der Waals surface area contributed by atoms with Crippen LogP contribution < -0.4 is 0 Å². The van der Waals surface area contributed by atoms with Crippen LogP contribution in [0.5, 0.6) is 0 Å². The second-order valence-corrected chi connectivity index (χ2v) is 16.4. The van der Waals surface area contributed by atoms with Gasteiger partial charge < -0.3 is 0 Å². The van der Waals surface area contributed by atoms with Crippen molar-refractivity contribution in [3.63, 3.8) is 0 Å². The highest BCUT2D eigenvalue weighted by Crippen LogP contribution is 2.54. The number of nitrogens with zero attached hydrogens (tertiary/aromatic N) is 3. The second kappa shape index (κ2) is 14.8. The molecule has 0 saturated heterocycles. The Morgan fingerprint density at radius 1 is 0.361 bits per heavy atom. The number of rotatable bonds is 7. The molecule has 1 aliphatic carbocycles. The van der Waals surface area contributed by atoms with Crippen molar-refractivity contribution in [3.05, 3.63) is 224 Å². The summed E-state index contributed by atoms with van der Waals surface area (Å²) in [6.45, 7) is 4.75. The molecule has 10 aromatic rings. The van der Waals surface area contributed by atoms with Gasteiger partial charge in [-0.05, 0) is 103 Å². The summed E-state index contributed by atoms with van der Waals surface area (Å²) in [5.74, 6) is 0.693. The molecule has 0 atom stereocenters. The van der Waals surface area contributed by atoms with E-state index in [-0.39, 0.29) is 5.41 Å². The average molecular weight is 780 g/mol. The summed E-state index contributed by atoms with van der Waals surface area (Å²) in [6, 6.07) is 73.6. The predicted molar refractivity (Wildman–Crippen MR) is 253 cm³/mol. The van der Waals surface area contributed by atoms with Gasteiger partial charge in [-0.25, -0.2) is 9.97 Å². The molecule has 61 heavy (non-hydrogen) atoms. The maximum Gasteiger partial charge on any atom is 0.160 e. The van der Waals surface area contributed by atoms with Crippen LogP contribution in [0.1, 0.15) is 25.0 Å². The van der Waals surface area contributed by atoms with Crippen molar-refractivity contribution in [2.45, 2.75) is 19.3 Å². The Balaban J connectivity index is 0.949. The molecular formula is C58H41N3. The Morgan fingerprint density at radius 2 is 0.918 bits per heavy atom. The SMILES string of the molecule is CC1(C)c2cccc(-c3cccc(-c4cccc(-c5cccc(-c6cc(-c7ccc(-c8ccccn8)cc7)nc(-c7ccccc7)n6)c5)c4)c3)c2-c2ccc3ccccc3c21. The van der Waals surface area contributed by atoms with Gasteiger partial charge >= 0.3 is 0 Å². The van der Waals surface area contributed by atoms with E-state index in [1.165, 1.54) is 55.3 Å². The topological polar surface area (TPSA) is 38.7 Å². The minimum Gasteiger partial charge on any atom is -0.256 e. The van der Waals surface area contributed by atoms with Gasteiger partial charge in [-0.15, -0.1) is 0 Å². The normalized spacial score (nSPS) is 12.6. The standard InChI is InChI=1S/C58H41N3/c1-58(2)51-25-13-24-48(55(51)50-32-31-38-14-6-7-23-49(38)56(50)58)46-21-11-19-44(35-46)42-17-10-18-43(34-42)45-20-12-22-47(36-45)54-37-53(60-57(61-54)41-15-4-3-5-16-41)40-29-27-39(28-30-40)52-26-8-9-33-59-52/h3-37H,1-2H3. The Hall–Kier alpha value is -7.75. The third-order valence-electron chi connectivity index (χ3n) is 12.3. The maximum atomic E-state index is 5.14. The fourth-order valence-electron chi connectivity index (χ4n) is 9.30. The van der Waals surface area contributed by atoms with E-state index in [1.807, 2.05) is 42.6 Å². The fraction of sp³-hybridized carbons (Fsp3) is 0.0517. The lowest BCUT2D eigenvalue weighted by atomic mass is 9.80. The first-order valence-electron chi connectivity index (χ1n) is 20.9. The molecule has 2 aromatic heterocycles. The number of hydrogen-bond donors (Lipinski definition) is 0. The van der Waals surface area contributed by atoms with Crippen molar-refractivity contribution in [3.8, 4) is 89.7 Å². The molecule has 11 rings (SSSR count). The summed E-state index contributed by atoms with van der Waals surface area (Å²) >= 11 is 0. The first kappa shape index (κ1) is 36.3. The molecule has 0 aliphatic heterocycles. The predicted octanol–water partition coefficient (Wildman–Crippen LogP) is 15.0. The largest absolute Gasteiger partial charge is 0.256 e. The highest BCUT2D eigenvalue weighted by Gasteiger charge is 2.38. The van der Waals surface area contributed by atoms with Gasteiger partial charge in [-0.3, -0.25) is 4.98 Å². The average Bonchev–Trinajstić information content (AvgIpc) is 3.58. The van der Waals surface area contributed by atoms with E-state index < -0.39 is 0 Å². The first-order valence-corrected chi connectivity index (χ1v) is 20.9. The molecule has 0 amide bonds. The van der Waals surface area contributed by atoms with E-state index in [0.717, 1.165) is 50.5 Å². The van der Waals surface area contributed by atoms with E-state index in [0.29, 0.717) is 5.82 Å². The molecule has 3 nitrogen and oxygen atoms in total. The van der Waals surface area contributed by atoms with Crippen molar-refractivity contribution in [1.82, 2.24) is 15.0 Å². The van der Waals surface area contributed by atoms with Crippen molar-refractivity contribution in [2.24, 2.45) is 0 Å². The molecule has 3 heteroatoms. The van der Waals surface area contributed by atoms with Crippen LogP contribution in [0.4, 0.5) is 0 Å². The third kappa shape index (κ3) is 6.52. The quantitative estimate of drug-likeness (QED) is 0.162. The molecule has 0 fully saturated rings. The van der Waals surface area contributed by atoms with E-state index in [2.05, 4.69) is 189 Å². The lowest BCUT2D eigenvalue weighted by molar-refractivity contribution is 0.666. The van der Waals surface area contributed by atoms with Crippen LogP contribution in [0, 0.1) is 0 Å². The lowest BCUT2D eigenvalue weighted by Gasteiger charge is -2.23. The fourth-order valence-corrected chi connectivity index (χ4v) is 9.30. The van der Waals surface area contributed by atoms with Crippen molar-refractivity contribution < 1.29 is 0 Å². The van der Waals surface area contributed by atoms with Crippen LogP contribution in [-0.2, 0) is 5.41 Å². The summed E-state index contributed by atoms with van der Waals surface area (Å²) in [4.78, 5) is 14.8. The van der Waals surface area contributed by atoms with Gasteiger partial charge in [-0.1, -0.05) is 184 Å². The van der Waals surface area contributed by atoms with E-state index >= 15 is 0 Å². The summed E-state index contributed by atoms with van der Waals surface area (Å²) < 4.78 is 0. The van der Waals surface area contributed by atoms with Gasteiger partial charge in [0.1, 0.15) is 0 Å². The Bertz CT molecular complexity index is 3260. The molecule has 0 unspecified atom stereocenters. The summed E-state index contributed by atoms with van der Waals surface area (Å²) in [7, 11) is 0. The number of hydrogen-bond acceptors (Lipinski definition) is 3. The zero-order valence-corrected chi connectivity index (χ0v) is 34.0. The lowest BCUT2D eigenvalue weighted by Crippen LogP contribution is -2.15. The Kier molecular flexibility index (Phi) is 8.82. The van der Waals surface area contributed by atoms with Crippen LogP contribution in [0.2, 0.25) is 0 Å². The Morgan fingerprint density at radius 3 is 1.62 bits per heavy atom. The molecule has 8 aromatic carbocycles. The van der Waals surface area contributed by atoms with Crippen LogP contribution >= 0.6 is 0 Å². The van der Waals surface area contributed by atoms with Crippen molar-refractivity contribution in [1.29, 1.82) is 0 Å². The van der Waals surface area contributed by atoms with Crippen LogP contribution in [0.25, 0.3) is 100 Å². The van der Waals surface area contributed by atoms with Crippen LogP contribution in [0.15, 0.2) is 212 Å². The molecule has 288 valence electrons. The highest BCUT2D eigenvalue weighted by molar-refractivity contribution is 6.01. The van der Waals surface area contributed by atoms with Crippen LogP contribution in [0.3, 0.4) is 0 Å². The number of fused-ring (bicyclic) bond motifs is 5. The van der Waals surface area contributed by atoms with Crippen molar-refractivity contribution >= 4 is 10.8 Å². The Labute approximate surface area is 356 Å². The van der Waals surface area contributed by atoms with Gasteiger partial charge in [0.05, 0.1) is 17.1 Å². The molecule has 0 radical (unpaired) electrons. The smallest absolute Gasteiger partial charge is 0.160 e. The summed E-state index contributed by atoms with van der Waals surface area (Å²) in [5.41, 5.74) is 19.3. The molecule has 0 N–H and O–H groups in total. The van der Waals surface area contributed by atoms with Crippen molar-refractivity contribution in [2.75, 3.05) is 0 Å². The highest BCUT2D eigenvalue weighted by atomic mass is 14.9. The van der Waals surface area contributed by atoms with E-state index in [1.54, 1.807) is 0 Å². The first-order chi connectivity index (χ1) is 30.0. The number of benzene rings is 8. The third-order valence-corrected chi connectivity index (χ3v) is 12.3. The van der Waals surface area contributed by atoms with Gasteiger partial charge in [0.2, 0.25) is 0 Å². The molecule has 0 bridgehead atoms. The maximum absolute atomic E-state index is 5.14. The molecule has 1 aliphatic rings. The second-order valence-electron chi connectivity index (χ2n) is 16.4. The van der Waals surface area contributed by atoms with Gasteiger partial charge in [0.25, 0.3) is 0 Å². The van der Waals surface area contributed by atoms with E-state index in [9.17, 15) is 0 Å². The molecular weight excluding hydrogens is 739 g/mol. The molecule has 2 heterocycles. The van der Waals surface area contributed by atoms with Gasteiger partial charge in [0, 0.05) is 33.9 Å². The minimum atomic E-state index is -0.107. The van der Waals surface area contributed by atoms with Gasteiger partial charge in [0.15, 0.2) is 5.82 Å². The molecule has 0 spiro atoms. The zero-order valence-electron chi connectivity index (χ0n) is 34.0. The number of pyridine rings is 1. The molecule has 0 saturated carbocycles. The van der Waals surface area contributed by atoms with E-state index in [4.69, 9.17) is 9.97 Å². The van der Waals surface area contributed by atoms with Crippen LogP contribution in [-0.4, -0.2) is 15.0 Å². The monoisotopic (exact) mass is 779 g/mol. The van der Waals surface area contributed by atoms with Gasteiger partial charge in [-0.2, -0.15) is 0 Å².